The summed E-state index contributed by atoms with van der Waals surface area (Å²) in [5, 5.41) is 8.22. The number of carbonyl (C=O) groups excluding carboxylic acids is 2. The van der Waals surface area contributed by atoms with Crippen LogP contribution in [0.5, 0.6) is 5.75 Å². The Morgan fingerprint density at radius 1 is 1.03 bits per heavy atom. The van der Waals surface area contributed by atoms with Gasteiger partial charge in [-0.2, -0.15) is 0 Å². The van der Waals surface area contributed by atoms with Crippen molar-refractivity contribution >= 4 is 34.0 Å². The molecule has 0 saturated carbocycles. The van der Waals surface area contributed by atoms with Crippen LogP contribution in [-0.4, -0.2) is 22.9 Å². The molecular formula is C26H21N3O3S. The maximum absolute atomic E-state index is 13.3. The second-order valence-corrected chi connectivity index (χ2v) is 8.60. The number of amides is 2. The minimum absolute atomic E-state index is 0.145. The maximum atomic E-state index is 13.3. The highest BCUT2D eigenvalue weighted by Gasteiger charge is 2.25. The first kappa shape index (κ1) is 20.9. The molecule has 3 aromatic carbocycles. The molecule has 2 amide bonds. The van der Waals surface area contributed by atoms with Gasteiger partial charge in [0.15, 0.2) is 11.2 Å². The van der Waals surface area contributed by atoms with Gasteiger partial charge in [0.1, 0.15) is 5.75 Å². The summed E-state index contributed by atoms with van der Waals surface area (Å²) in [5.41, 5.74) is 3.98. The third-order valence-electron chi connectivity index (χ3n) is 5.47. The number of aromatic nitrogens is 1. The first-order valence-corrected chi connectivity index (χ1v) is 11.4. The van der Waals surface area contributed by atoms with E-state index in [0.29, 0.717) is 22.3 Å². The molecule has 0 aliphatic carbocycles. The SMILES string of the molecule is CC1Oc2ccc(-c3csc(NC(=O)C(c4ccccc4)c4ccccc4)n3)cc2NC1=O. The lowest BCUT2D eigenvalue weighted by Gasteiger charge is -2.23. The summed E-state index contributed by atoms with van der Waals surface area (Å²) in [6.07, 6.45) is -0.522. The van der Waals surface area contributed by atoms with Crippen molar-refractivity contribution in [1.82, 2.24) is 4.98 Å². The minimum Gasteiger partial charge on any atom is -0.479 e. The third-order valence-corrected chi connectivity index (χ3v) is 6.23. The van der Waals surface area contributed by atoms with Gasteiger partial charge in [0.05, 0.1) is 17.3 Å². The molecule has 1 aliphatic rings. The molecule has 1 aromatic heterocycles. The van der Waals surface area contributed by atoms with Gasteiger partial charge in [-0.3, -0.25) is 9.59 Å². The van der Waals surface area contributed by atoms with Crippen molar-refractivity contribution in [2.24, 2.45) is 0 Å². The lowest BCUT2D eigenvalue weighted by Crippen LogP contribution is -2.34. The van der Waals surface area contributed by atoms with Crippen LogP contribution in [0.4, 0.5) is 10.8 Å². The van der Waals surface area contributed by atoms with Crippen molar-refractivity contribution in [3.63, 3.8) is 0 Å². The summed E-state index contributed by atoms with van der Waals surface area (Å²) < 4.78 is 5.62. The van der Waals surface area contributed by atoms with Crippen LogP contribution in [0.2, 0.25) is 0 Å². The Hall–Kier alpha value is -3.97. The number of hydrogen-bond donors (Lipinski definition) is 2. The number of thiazole rings is 1. The second-order valence-electron chi connectivity index (χ2n) is 7.74. The topological polar surface area (TPSA) is 80.3 Å². The van der Waals surface area contributed by atoms with Crippen molar-refractivity contribution in [2.75, 3.05) is 10.6 Å². The highest BCUT2D eigenvalue weighted by Crippen LogP contribution is 2.35. The van der Waals surface area contributed by atoms with Crippen molar-refractivity contribution in [3.05, 3.63) is 95.4 Å². The van der Waals surface area contributed by atoms with Gasteiger partial charge in [0, 0.05) is 10.9 Å². The van der Waals surface area contributed by atoms with Crippen molar-refractivity contribution in [2.45, 2.75) is 18.9 Å². The fraction of sp³-hybridized carbons (Fsp3) is 0.115. The lowest BCUT2D eigenvalue weighted by molar-refractivity contribution is -0.122. The third kappa shape index (κ3) is 4.36. The van der Waals surface area contributed by atoms with Crippen LogP contribution in [-0.2, 0) is 9.59 Å². The molecule has 1 atom stereocenters. The summed E-state index contributed by atoms with van der Waals surface area (Å²) in [5.74, 6) is -0.145. The Kier molecular flexibility index (Phi) is 5.62. The number of rotatable bonds is 5. The highest BCUT2D eigenvalue weighted by molar-refractivity contribution is 7.14. The van der Waals surface area contributed by atoms with E-state index < -0.39 is 12.0 Å². The zero-order valence-corrected chi connectivity index (χ0v) is 18.6. The number of carbonyl (C=O) groups is 2. The zero-order chi connectivity index (χ0) is 22.8. The summed E-state index contributed by atoms with van der Waals surface area (Å²) in [7, 11) is 0. The summed E-state index contributed by atoms with van der Waals surface area (Å²) >= 11 is 1.36. The number of ether oxygens (including phenoxy) is 1. The summed E-state index contributed by atoms with van der Waals surface area (Å²) in [6.45, 7) is 1.71. The van der Waals surface area contributed by atoms with E-state index in [4.69, 9.17) is 4.74 Å². The standard InChI is InChI=1S/C26H21N3O3S/c1-16-24(30)27-20-14-19(12-13-22(20)32-16)21-15-33-26(28-21)29-25(31)23(17-8-4-2-5-9-17)18-10-6-3-7-11-18/h2-16,23H,1H3,(H,27,30)(H,28,29,31). The molecule has 1 unspecified atom stereocenters. The Morgan fingerprint density at radius 3 is 2.36 bits per heavy atom. The Bertz CT molecular complexity index is 1270. The number of fused-ring (bicyclic) bond motifs is 1. The molecule has 2 heterocycles. The van der Waals surface area contributed by atoms with Crippen molar-refractivity contribution < 1.29 is 14.3 Å². The maximum Gasteiger partial charge on any atom is 0.265 e. The number of nitrogens with zero attached hydrogens (tertiary/aromatic N) is 1. The number of nitrogens with one attached hydrogen (secondary N) is 2. The van der Waals surface area contributed by atoms with Crippen LogP contribution in [0, 0.1) is 0 Å². The van der Waals surface area contributed by atoms with Gasteiger partial charge >= 0.3 is 0 Å². The van der Waals surface area contributed by atoms with E-state index in [1.165, 1.54) is 11.3 Å². The average Bonchev–Trinajstić information content (AvgIpc) is 3.29. The van der Waals surface area contributed by atoms with Crippen LogP contribution in [0.3, 0.4) is 0 Å². The molecule has 164 valence electrons. The molecule has 0 spiro atoms. The molecule has 0 saturated heterocycles. The second kappa shape index (κ2) is 8.88. The van der Waals surface area contributed by atoms with E-state index in [-0.39, 0.29) is 11.8 Å². The lowest BCUT2D eigenvalue weighted by atomic mass is 9.90. The fourth-order valence-corrected chi connectivity index (χ4v) is 4.52. The summed E-state index contributed by atoms with van der Waals surface area (Å²) in [4.78, 5) is 29.8. The highest BCUT2D eigenvalue weighted by atomic mass is 32.1. The van der Waals surface area contributed by atoms with Crippen LogP contribution >= 0.6 is 11.3 Å². The summed E-state index contributed by atoms with van der Waals surface area (Å²) in [6, 6.07) is 24.9. The van der Waals surface area contributed by atoms with Crippen molar-refractivity contribution in [1.29, 1.82) is 0 Å². The molecule has 1 aliphatic heterocycles. The predicted molar refractivity (Wildman–Crippen MR) is 130 cm³/mol. The van der Waals surface area contributed by atoms with Gasteiger partial charge in [-0.05, 0) is 36.2 Å². The molecule has 0 fully saturated rings. The van der Waals surface area contributed by atoms with E-state index >= 15 is 0 Å². The molecule has 0 bridgehead atoms. The normalized spacial score (nSPS) is 14.8. The van der Waals surface area contributed by atoms with Gasteiger partial charge in [-0.15, -0.1) is 11.3 Å². The van der Waals surface area contributed by atoms with E-state index in [9.17, 15) is 9.59 Å². The van der Waals surface area contributed by atoms with Crippen LogP contribution in [0.1, 0.15) is 24.0 Å². The number of anilines is 2. The van der Waals surface area contributed by atoms with Gasteiger partial charge in [0.25, 0.3) is 5.91 Å². The van der Waals surface area contributed by atoms with Crippen LogP contribution < -0.4 is 15.4 Å². The molecule has 33 heavy (non-hydrogen) atoms. The molecule has 5 rings (SSSR count). The first-order valence-electron chi connectivity index (χ1n) is 10.6. The molecular weight excluding hydrogens is 434 g/mol. The molecule has 6 nitrogen and oxygen atoms in total. The van der Waals surface area contributed by atoms with E-state index in [0.717, 1.165) is 16.7 Å². The van der Waals surface area contributed by atoms with E-state index in [1.54, 1.807) is 6.92 Å². The molecule has 2 N–H and O–H groups in total. The van der Waals surface area contributed by atoms with Crippen LogP contribution in [0.15, 0.2) is 84.2 Å². The van der Waals surface area contributed by atoms with E-state index in [2.05, 4.69) is 15.6 Å². The monoisotopic (exact) mass is 455 g/mol. The van der Waals surface area contributed by atoms with Gasteiger partial charge < -0.3 is 15.4 Å². The largest absolute Gasteiger partial charge is 0.479 e. The quantitative estimate of drug-likeness (QED) is 0.428. The first-order chi connectivity index (χ1) is 16.1. The van der Waals surface area contributed by atoms with Gasteiger partial charge in [-0.1, -0.05) is 60.7 Å². The van der Waals surface area contributed by atoms with Gasteiger partial charge in [-0.25, -0.2) is 4.98 Å². The van der Waals surface area contributed by atoms with E-state index in [1.807, 2.05) is 84.2 Å². The molecule has 7 heteroatoms. The smallest absolute Gasteiger partial charge is 0.265 e. The predicted octanol–water partition coefficient (Wildman–Crippen LogP) is 5.30. The Balaban J connectivity index is 1.39. The van der Waals surface area contributed by atoms with Gasteiger partial charge in [0.2, 0.25) is 5.91 Å². The van der Waals surface area contributed by atoms with Crippen LogP contribution in [0.25, 0.3) is 11.3 Å². The Labute approximate surface area is 195 Å². The molecule has 4 aromatic rings. The fourth-order valence-electron chi connectivity index (χ4n) is 3.80. The minimum atomic E-state index is -0.522. The van der Waals surface area contributed by atoms with Crippen molar-refractivity contribution in [3.8, 4) is 17.0 Å². The molecule has 0 radical (unpaired) electrons. The number of benzene rings is 3. The average molecular weight is 456 g/mol. The zero-order valence-electron chi connectivity index (χ0n) is 17.8. The Morgan fingerprint density at radius 2 is 1.70 bits per heavy atom. The number of hydrogen-bond acceptors (Lipinski definition) is 5.